The van der Waals surface area contributed by atoms with Crippen molar-refractivity contribution in [3.63, 3.8) is 0 Å². The minimum atomic E-state index is -0.579. The average Bonchev–Trinajstić information content (AvgIpc) is 3.24. The number of H-pyrrole nitrogens is 1. The van der Waals surface area contributed by atoms with Gasteiger partial charge in [-0.05, 0) is 31.2 Å². The fourth-order valence-corrected chi connectivity index (χ4v) is 4.12. The Hall–Kier alpha value is -3.63. The number of carbonyl (C=O) groups is 1. The topological polar surface area (TPSA) is 118 Å². The van der Waals surface area contributed by atoms with Crippen molar-refractivity contribution in [1.82, 2.24) is 15.0 Å². The van der Waals surface area contributed by atoms with Crippen LogP contribution in [0.3, 0.4) is 0 Å². The van der Waals surface area contributed by atoms with Crippen LogP contribution in [0.5, 0.6) is 5.75 Å². The standard InChI is InChI=1S/C22H20ClN5O4S/c1-12(26-21-25-10-19(33-21)28-22(30)31-2)15-7-13-8-16(23)18(9-17(13)27-20(15)29)32-11-14-5-3-4-6-24-14/h3-10,12H,11H2,1-2H3,(H,25,26)(H,27,29)(H,28,30)/t12-/m0/s1. The molecular weight excluding hydrogens is 466 g/mol. The number of fused-ring (bicyclic) bond motifs is 1. The zero-order valence-electron chi connectivity index (χ0n) is 17.7. The van der Waals surface area contributed by atoms with Crippen molar-refractivity contribution < 1.29 is 14.3 Å². The van der Waals surface area contributed by atoms with Gasteiger partial charge in [0.15, 0.2) is 5.13 Å². The van der Waals surface area contributed by atoms with Gasteiger partial charge in [-0.15, -0.1) is 0 Å². The number of carbonyl (C=O) groups excluding carboxylic acids is 1. The highest BCUT2D eigenvalue weighted by Crippen LogP contribution is 2.31. The Morgan fingerprint density at radius 2 is 2.12 bits per heavy atom. The van der Waals surface area contributed by atoms with Crippen LogP contribution in [0, 0.1) is 0 Å². The third-order valence-corrected chi connectivity index (χ3v) is 5.89. The van der Waals surface area contributed by atoms with Crippen LogP contribution in [0.4, 0.5) is 14.9 Å². The largest absolute Gasteiger partial charge is 0.486 e. The smallest absolute Gasteiger partial charge is 0.412 e. The molecule has 4 rings (SSSR count). The van der Waals surface area contributed by atoms with Gasteiger partial charge in [-0.25, -0.2) is 9.78 Å². The predicted molar refractivity (Wildman–Crippen MR) is 128 cm³/mol. The highest BCUT2D eigenvalue weighted by Gasteiger charge is 2.15. The quantitative estimate of drug-likeness (QED) is 0.338. The summed E-state index contributed by atoms with van der Waals surface area (Å²) in [5, 5.41) is 7.98. The Bertz CT molecular complexity index is 1340. The van der Waals surface area contributed by atoms with Gasteiger partial charge in [0.25, 0.3) is 5.56 Å². The van der Waals surface area contributed by atoms with Crippen molar-refractivity contribution in [3.8, 4) is 5.75 Å². The Morgan fingerprint density at radius 1 is 1.27 bits per heavy atom. The van der Waals surface area contributed by atoms with Crippen LogP contribution in [0.25, 0.3) is 10.9 Å². The number of aromatic nitrogens is 3. The van der Waals surface area contributed by atoms with Crippen molar-refractivity contribution >= 4 is 50.1 Å². The van der Waals surface area contributed by atoms with E-state index in [1.54, 1.807) is 24.4 Å². The van der Waals surface area contributed by atoms with Crippen LogP contribution in [0.2, 0.25) is 5.02 Å². The lowest BCUT2D eigenvalue weighted by Gasteiger charge is -2.14. The molecule has 1 aromatic carbocycles. The lowest BCUT2D eigenvalue weighted by atomic mass is 10.1. The maximum atomic E-state index is 12.8. The van der Waals surface area contributed by atoms with E-state index in [1.165, 1.54) is 24.6 Å². The number of nitrogens with one attached hydrogen (secondary N) is 3. The molecule has 0 bridgehead atoms. The second kappa shape index (κ2) is 9.88. The summed E-state index contributed by atoms with van der Waals surface area (Å²) in [6.45, 7) is 2.10. The minimum Gasteiger partial charge on any atom is -0.486 e. The molecule has 0 saturated heterocycles. The zero-order chi connectivity index (χ0) is 23.4. The number of halogens is 1. The summed E-state index contributed by atoms with van der Waals surface area (Å²) in [5.74, 6) is 0.456. The lowest BCUT2D eigenvalue weighted by molar-refractivity contribution is 0.187. The summed E-state index contributed by atoms with van der Waals surface area (Å²) in [5.41, 5.74) is 1.64. The average molecular weight is 486 g/mol. The number of nitrogens with zero attached hydrogens (tertiary/aromatic N) is 2. The van der Waals surface area contributed by atoms with Crippen molar-refractivity contribution in [2.24, 2.45) is 0 Å². The van der Waals surface area contributed by atoms with Gasteiger partial charge in [-0.3, -0.25) is 15.1 Å². The van der Waals surface area contributed by atoms with E-state index in [0.29, 0.717) is 32.0 Å². The molecule has 3 aromatic heterocycles. The van der Waals surface area contributed by atoms with Crippen LogP contribution in [0.15, 0.2) is 53.6 Å². The molecule has 0 radical (unpaired) electrons. The SMILES string of the molecule is COC(=O)Nc1cnc(N[C@@H](C)c2cc3cc(Cl)c(OCc4ccccn4)cc3[nH]c2=O)s1. The number of methoxy groups -OCH3 is 1. The Balaban J connectivity index is 1.52. The van der Waals surface area contributed by atoms with Gasteiger partial charge < -0.3 is 19.8 Å². The molecule has 0 saturated carbocycles. The number of ether oxygens (including phenoxy) is 2. The first kappa shape index (κ1) is 22.6. The van der Waals surface area contributed by atoms with Crippen LogP contribution in [0.1, 0.15) is 24.2 Å². The van der Waals surface area contributed by atoms with Crippen molar-refractivity contribution in [2.75, 3.05) is 17.7 Å². The number of hydrogen-bond donors (Lipinski definition) is 3. The summed E-state index contributed by atoms with van der Waals surface area (Å²) < 4.78 is 10.4. The van der Waals surface area contributed by atoms with E-state index in [0.717, 1.165) is 11.1 Å². The molecule has 11 heteroatoms. The third-order valence-electron chi connectivity index (χ3n) is 4.75. The van der Waals surface area contributed by atoms with Crippen LogP contribution in [-0.2, 0) is 11.3 Å². The van der Waals surface area contributed by atoms with Crippen molar-refractivity contribution in [2.45, 2.75) is 19.6 Å². The summed E-state index contributed by atoms with van der Waals surface area (Å²) in [4.78, 5) is 35.4. The molecule has 0 fully saturated rings. The van der Waals surface area contributed by atoms with Gasteiger partial charge >= 0.3 is 6.09 Å². The van der Waals surface area contributed by atoms with Gasteiger partial charge in [0, 0.05) is 23.2 Å². The monoisotopic (exact) mass is 485 g/mol. The molecule has 3 N–H and O–H groups in total. The van der Waals surface area contributed by atoms with E-state index < -0.39 is 6.09 Å². The maximum absolute atomic E-state index is 12.8. The van der Waals surface area contributed by atoms with Gasteiger partial charge in [0.2, 0.25) is 0 Å². The molecule has 0 aliphatic heterocycles. The molecule has 4 aromatic rings. The molecular formula is C22H20ClN5O4S. The second-order valence-electron chi connectivity index (χ2n) is 7.05. The molecule has 170 valence electrons. The van der Waals surface area contributed by atoms with E-state index >= 15 is 0 Å². The number of aromatic amines is 1. The van der Waals surface area contributed by atoms with Crippen LogP contribution in [-0.4, -0.2) is 28.2 Å². The Labute approximate surface area is 197 Å². The van der Waals surface area contributed by atoms with E-state index in [-0.39, 0.29) is 18.2 Å². The van der Waals surface area contributed by atoms with Crippen molar-refractivity contribution in [3.05, 3.63) is 75.4 Å². The summed E-state index contributed by atoms with van der Waals surface area (Å²) in [7, 11) is 1.28. The first-order valence-corrected chi connectivity index (χ1v) is 11.1. The summed E-state index contributed by atoms with van der Waals surface area (Å²) in [6.07, 6.45) is 2.62. The molecule has 0 unspecified atom stereocenters. The second-order valence-corrected chi connectivity index (χ2v) is 8.48. The summed E-state index contributed by atoms with van der Waals surface area (Å²) >= 11 is 7.65. The van der Waals surface area contributed by atoms with Gasteiger partial charge in [-0.1, -0.05) is 29.0 Å². The van der Waals surface area contributed by atoms with E-state index in [1.807, 2.05) is 25.1 Å². The molecule has 33 heavy (non-hydrogen) atoms. The van der Waals surface area contributed by atoms with Crippen LogP contribution >= 0.6 is 22.9 Å². The Kier molecular flexibility index (Phi) is 6.76. The Morgan fingerprint density at radius 3 is 2.88 bits per heavy atom. The number of pyridine rings is 2. The number of hydrogen-bond acceptors (Lipinski definition) is 8. The maximum Gasteiger partial charge on any atom is 0.412 e. The molecule has 1 amide bonds. The van der Waals surface area contributed by atoms with Gasteiger partial charge in [0.1, 0.15) is 17.4 Å². The van der Waals surface area contributed by atoms with Gasteiger partial charge in [0.05, 0.1) is 35.6 Å². The van der Waals surface area contributed by atoms with E-state index in [9.17, 15) is 9.59 Å². The van der Waals surface area contributed by atoms with Gasteiger partial charge in [-0.2, -0.15) is 0 Å². The van der Waals surface area contributed by atoms with E-state index in [4.69, 9.17) is 16.3 Å². The number of benzene rings is 1. The summed E-state index contributed by atoms with van der Waals surface area (Å²) in [6, 6.07) is 10.4. The zero-order valence-corrected chi connectivity index (χ0v) is 19.3. The normalized spacial score (nSPS) is 11.7. The molecule has 0 aliphatic rings. The number of anilines is 2. The first-order chi connectivity index (χ1) is 15.9. The number of rotatable bonds is 7. The molecule has 1 atom stereocenters. The number of thiazole rings is 1. The highest BCUT2D eigenvalue weighted by molar-refractivity contribution is 7.19. The predicted octanol–water partition coefficient (Wildman–Crippen LogP) is 4.96. The fourth-order valence-electron chi connectivity index (χ4n) is 3.10. The number of amides is 1. The highest BCUT2D eigenvalue weighted by atomic mass is 35.5. The first-order valence-electron chi connectivity index (χ1n) is 9.89. The molecule has 0 spiro atoms. The molecule has 3 heterocycles. The van der Waals surface area contributed by atoms with Crippen LogP contribution < -0.4 is 20.9 Å². The minimum absolute atomic E-state index is 0.245. The lowest BCUT2D eigenvalue weighted by Crippen LogP contribution is -2.19. The van der Waals surface area contributed by atoms with Crippen molar-refractivity contribution in [1.29, 1.82) is 0 Å². The fraction of sp³-hybridized carbons (Fsp3) is 0.182. The third kappa shape index (κ3) is 5.41. The van der Waals surface area contributed by atoms with E-state index in [2.05, 4.69) is 30.3 Å². The molecule has 9 nitrogen and oxygen atoms in total. The molecule has 0 aliphatic carbocycles.